The molecule has 0 radical (unpaired) electrons. The summed E-state index contributed by atoms with van der Waals surface area (Å²) in [5, 5.41) is 0. The second kappa shape index (κ2) is 5.81. The molecule has 0 saturated heterocycles. The summed E-state index contributed by atoms with van der Waals surface area (Å²) in [5.74, 6) is 0.329. The van der Waals surface area contributed by atoms with Crippen LogP contribution in [0.15, 0.2) is 23.1 Å². The molecule has 0 aromatic heterocycles. The number of benzene rings is 1. The highest BCUT2D eigenvalue weighted by molar-refractivity contribution is 7.89. The van der Waals surface area contributed by atoms with Gasteiger partial charge in [-0.2, -0.15) is 4.31 Å². The van der Waals surface area contributed by atoms with Gasteiger partial charge < -0.3 is 0 Å². The van der Waals surface area contributed by atoms with Crippen molar-refractivity contribution in [2.75, 3.05) is 7.05 Å². The standard InChI is InChI=1S/C14H20ClNO2S/c1-11-7-8-12(10-15)9-14(11)19(17,18)16(2)13-5-3-4-6-13/h7-9,13H,3-6,10H2,1-2H3. The maximum absolute atomic E-state index is 12.7. The Kier molecular flexibility index (Phi) is 4.54. The number of rotatable bonds is 4. The SMILES string of the molecule is Cc1ccc(CCl)cc1S(=O)(=O)N(C)C1CCCC1. The van der Waals surface area contributed by atoms with Crippen molar-refractivity contribution in [3.05, 3.63) is 29.3 Å². The fraction of sp³-hybridized carbons (Fsp3) is 0.571. The highest BCUT2D eigenvalue weighted by Crippen LogP contribution is 2.29. The van der Waals surface area contributed by atoms with Crippen molar-refractivity contribution < 1.29 is 8.42 Å². The first kappa shape index (κ1) is 14.8. The van der Waals surface area contributed by atoms with Crippen molar-refractivity contribution in [1.82, 2.24) is 4.31 Å². The number of nitrogens with zero attached hydrogens (tertiary/aromatic N) is 1. The Bertz CT molecular complexity index is 551. The molecule has 19 heavy (non-hydrogen) atoms. The van der Waals surface area contributed by atoms with Gasteiger partial charge in [-0.3, -0.25) is 0 Å². The van der Waals surface area contributed by atoms with E-state index in [1.807, 2.05) is 19.1 Å². The number of alkyl halides is 1. The minimum absolute atomic E-state index is 0.143. The molecule has 5 heteroatoms. The number of aryl methyl sites for hydroxylation is 1. The van der Waals surface area contributed by atoms with Crippen LogP contribution in [0.1, 0.15) is 36.8 Å². The lowest BCUT2D eigenvalue weighted by molar-refractivity contribution is 0.373. The molecule has 0 spiro atoms. The van der Waals surface area contributed by atoms with Crippen LogP contribution in [0.3, 0.4) is 0 Å². The van der Waals surface area contributed by atoms with Crippen LogP contribution in [0, 0.1) is 6.92 Å². The van der Waals surface area contributed by atoms with Gasteiger partial charge in [0.2, 0.25) is 10.0 Å². The van der Waals surface area contributed by atoms with E-state index >= 15 is 0 Å². The van der Waals surface area contributed by atoms with E-state index in [2.05, 4.69) is 0 Å². The number of hydrogen-bond acceptors (Lipinski definition) is 2. The van der Waals surface area contributed by atoms with Crippen molar-refractivity contribution >= 4 is 21.6 Å². The zero-order valence-electron chi connectivity index (χ0n) is 11.4. The molecule has 0 heterocycles. The van der Waals surface area contributed by atoms with E-state index < -0.39 is 10.0 Å². The van der Waals surface area contributed by atoms with Crippen molar-refractivity contribution in [2.24, 2.45) is 0 Å². The molecule has 1 fully saturated rings. The van der Waals surface area contributed by atoms with Crippen LogP contribution < -0.4 is 0 Å². The quantitative estimate of drug-likeness (QED) is 0.800. The van der Waals surface area contributed by atoms with Gasteiger partial charge in [0.1, 0.15) is 0 Å². The van der Waals surface area contributed by atoms with Crippen LogP contribution in [0.4, 0.5) is 0 Å². The topological polar surface area (TPSA) is 37.4 Å². The van der Waals surface area contributed by atoms with Crippen LogP contribution in [0.2, 0.25) is 0 Å². The van der Waals surface area contributed by atoms with E-state index in [0.29, 0.717) is 10.8 Å². The maximum atomic E-state index is 12.7. The summed E-state index contributed by atoms with van der Waals surface area (Å²) < 4.78 is 26.9. The first-order valence-corrected chi connectivity index (χ1v) is 8.58. The molecule has 0 unspecified atom stereocenters. The smallest absolute Gasteiger partial charge is 0.207 e. The van der Waals surface area contributed by atoms with Gasteiger partial charge in [0.15, 0.2) is 0 Å². The van der Waals surface area contributed by atoms with E-state index in [4.69, 9.17) is 11.6 Å². The molecule has 1 saturated carbocycles. The van der Waals surface area contributed by atoms with E-state index in [-0.39, 0.29) is 6.04 Å². The molecule has 1 aliphatic carbocycles. The maximum Gasteiger partial charge on any atom is 0.243 e. The van der Waals surface area contributed by atoms with Crippen LogP contribution in [0.5, 0.6) is 0 Å². The van der Waals surface area contributed by atoms with Crippen LogP contribution in [-0.2, 0) is 15.9 Å². The fourth-order valence-electron chi connectivity index (χ4n) is 2.62. The van der Waals surface area contributed by atoms with Gasteiger partial charge in [-0.05, 0) is 37.0 Å². The summed E-state index contributed by atoms with van der Waals surface area (Å²) in [7, 11) is -1.72. The molecule has 2 rings (SSSR count). The summed E-state index contributed by atoms with van der Waals surface area (Å²) in [5.41, 5.74) is 1.62. The molecule has 0 bridgehead atoms. The molecule has 1 aliphatic rings. The lowest BCUT2D eigenvalue weighted by Gasteiger charge is -2.24. The Morgan fingerprint density at radius 2 is 1.95 bits per heavy atom. The molecule has 3 nitrogen and oxygen atoms in total. The third-order valence-corrected chi connectivity index (χ3v) is 6.26. The molecule has 0 amide bonds. The Hall–Kier alpha value is -0.580. The van der Waals surface area contributed by atoms with Gasteiger partial charge in [-0.25, -0.2) is 8.42 Å². The van der Waals surface area contributed by atoms with Crippen molar-refractivity contribution in [1.29, 1.82) is 0 Å². The predicted molar refractivity (Wildman–Crippen MR) is 77.9 cm³/mol. The molecule has 0 N–H and O–H groups in total. The number of sulfonamides is 1. The summed E-state index contributed by atoms with van der Waals surface area (Å²) >= 11 is 5.80. The molecule has 0 atom stereocenters. The minimum Gasteiger partial charge on any atom is -0.207 e. The van der Waals surface area contributed by atoms with Gasteiger partial charge in [-0.15, -0.1) is 11.6 Å². The zero-order chi connectivity index (χ0) is 14.0. The molecular formula is C14H20ClNO2S. The summed E-state index contributed by atoms with van der Waals surface area (Å²) in [6.07, 6.45) is 4.16. The normalized spacial score (nSPS) is 17.3. The van der Waals surface area contributed by atoms with Gasteiger partial charge >= 0.3 is 0 Å². The highest BCUT2D eigenvalue weighted by atomic mass is 35.5. The molecule has 0 aliphatic heterocycles. The summed E-state index contributed by atoms with van der Waals surface area (Å²) in [4.78, 5) is 0.389. The highest BCUT2D eigenvalue weighted by Gasteiger charge is 2.30. The Balaban J connectivity index is 2.38. The molecule has 1 aromatic rings. The van der Waals surface area contributed by atoms with E-state index in [0.717, 1.165) is 36.8 Å². The Labute approximate surface area is 120 Å². The minimum atomic E-state index is -3.41. The average molecular weight is 302 g/mol. The lowest BCUT2D eigenvalue weighted by Crippen LogP contribution is -2.35. The van der Waals surface area contributed by atoms with Gasteiger partial charge in [-0.1, -0.05) is 25.0 Å². The van der Waals surface area contributed by atoms with Crippen molar-refractivity contribution in [2.45, 2.75) is 49.4 Å². The summed E-state index contributed by atoms with van der Waals surface area (Å²) in [6, 6.07) is 5.54. The van der Waals surface area contributed by atoms with E-state index in [1.54, 1.807) is 17.4 Å². The Morgan fingerprint density at radius 3 is 2.53 bits per heavy atom. The second-order valence-corrected chi connectivity index (χ2v) is 7.43. The van der Waals surface area contributed by atoms with Gasteiger partial charge in [0.05, 0.1) is 4.90 Å². The summed E-state index contributed by atoms with van der Waals surface area (Å²) in [6.45, 7) is 1.83. The lowest BCUT2D eigenvalue weighted by atomic mass is 10.2. The second-order valence-electron chi connectivity index (χ2n) is 5.19. The average Bonchev–Trinajstić information content (AvgIpc) is 2.92. The Morgan fingerprint density at radius 1 is 1.32 bits per heavy atom. The largest absolute Gasteiger partial charge is 0.243 e. The predicted octanol–water partition coefficient (Wildman–Crippen LogP) is 3.30. The van der Waals surface area contributed by atoms with Gasteiger partial charge in [0.25, 0.3) is 0 Å². The van der Waals surface area contributed by atoms with E-state index in [1.165, 1.54) is 0 Å². The number of halogens is 1. The monoisotopic (exact) mass is 301 g/mol. The first-order chi connectivity index (χ1) is 8.96. The van der Waals surface area contributed by atoms with Crippen LogP contribution in [-0.4, -0.2) is 25.8 Å². The number of hydrogen-bond donors (Lipinski definition) is 0. The first-order valence-electron chi connectivity index (χ1n) is 6.60. The zero-order valence-corrected chi connectivity index (χ0v) is 13.0. The molecule has 106 valence electrons. The molecule has 1 aromatic carbocycles. The van der Waals surface area contributed by atoms with Crippen LogP contribution >= 0.6 is 11.6 Å². The van der Waals surface area contributed by atoms with Crippen LogP contribution in [0.25, 0.3) is 0 Å². The third-order valence-electron chi connectivity index (χ3n) is 3.90. The third kappa shape index (κ3) is 2.96. The van der Waals surface area contributed by atoms with E-state index in [9.17, 15) is 8.42 Å². The van der Waals surface area contributed by atoms with Crippen molar-refractivity contribution in [3.8, 4) is 0 Å². The molecular weight excluding hydrogens is 282 g/mol. The van der Waals surface area contributed by atoms with Gasteiger partial charge in [0, 0.05) is 19.0 Å². The van der Waals surface area contributed by atoms with Crippen molar-refractivity contribution in [3.63, 3.8) is 0 Å². The fourth-order valence-corrected chi connectivity index (χ4v) is 4.48.